The fraction of sp³-hybridized carbons (Fsp3) is 0.276. The van der Waals surface area contributed by atoms with E-state index >= 15 is 0 Å². The zero-order valence-corrected chi connectivity index (χ0v) is 22.3. The van der Waals surface area contributed by atoms with Crippen LogP contribution in [0.3, 0.4) is 0 Å². The molecule has 0 saturated carbocycles. The maximum absolute atomic E-state index is 13.5. The van der Waals surface area contributed by atoms with Gasteiger partial charge in [-0.2, -0.15) is 0 Å². The van der Waals surface area contributed by atoms with Crippen molar-refractivity contribution in [3.63, 3.8) is 0 Å². The first-order chi connectivity index (χ1) is 18.4. The molecular weight excluding hydrogens is 502 g/mol. The number of carbonyl (C=O) groups excluding carboxylic acids is 3. The Morgan fingerprint density at radius 3 is 2.24 bits per heavy atom. The minimum Gasteiger partial charge on any atom is -0.332 e. The standard InChI is InChI=1S/C21H21ClN4O3.C8H11N/c1-23-13-19(28)26-18(25(23)14-27)12-24(11-15-6-5-9-17(22)10-15)21(29)20(26)16-7-3-2-4-8-16;1-9-7-8-5-3-2-4-6-8/h2-10,14,18,20H,11-13H2,1H3;2-6,9H,7H2,1H3/t18?,20-;/m0./s1. The number of hydrazine groups is 1. The number of piperazine rings is 1. The Morgan fingerprint density at radius 1 is 0.947 bits per heavy atom. The number of nitrogens with one attached hydrogen (secondary N) is 1. The highest BCUT2D eigenvalue weighted by molar-refractivity contribution is 6.30. The molecule has 2 aliphatic rings. The van der Waals surface area contributed by atoms with E-state index in [0.717, 1.165) is 17.7 Å². The van der Waals surface area contributed by atoms with Crippen LogP contribution in [-0.2, 0) is 27.5 Å². The van der Waals surface area contributed by atoms with Gasteiger partial charge >= 0.3 is 0 Å². The summed E-state index contributed by atoms with van der Waals surface area (Å²) in [5, 5.41) is 6.75. The molecular formula is C29H32ClN5O3. The first kappa shape index (κ1) is 27.3. The fourth-order valence-electron chi connectivity index (χ4n) is 4.83. The number of rotatable bonds is 6. The molecule has 5 rings (SSSR count). The highest BCUT2D eigenvalue weighted by atomic mass is 35.5. The summed E-state index contributed by atoms with van der Waals surface area (Å²) in [6, 6.07) is 26.1. The summed E-state index contributed by atoms with van der Waals surface area (Å²) in [6.07, 6.45) is 0.139. The molecule has 0 bridgehead atoms. The van der Waals surface area contributed by atoms with Gasteiger partial charge in [0, 0.05) is 25.2 Å². The number of carbonyl (C=O) groups is 3. The molecule has 0 aliphatic carbocycles. The minimum atomic E-state index is -0.780. The van der Waals surface area contributed by atoms with Crippen LogP contribution >= 0.6 is 11.6 Å². The van der Waals surface area contributed by atoms with Gasteiger partial charge in [-0.1, -0.05) is 84.4 Å². The van der Waals surface area contributed by atoms with Crippen molar-refractivity contribution in [1.29, 1.82) is 0 Å². The van der Waals surface area contributed by atoms with Crippen LogP contribution in [0.5, 0.6) is 0 Å². The molecule has 1 unspecified atom stereocenters. The van der Waals surface area contributed by atoms with E-state index in [0.29, 0.717) is 18.0 Å². The average Bonchev–Trinajstić information content (AvgIpc) is 2.91. The van der Waals surface area contributed by atoms with Gasteiger partial charge in [0.15, 0.2) is 0 Å². The van der Waals surface area contributed by atoms with Crippen molar-refractivity contribution in [2.45, 2.75) is 25.3 Å². The third-order valence-corrected chi connectivity index (χ3v) is 6.82. The van der Waals surface area contributed by atoms with Crippen LogP contribution in [0, 0.1) is 0 Å². The zero-order valence-electron chi connectivity index (χ0n) is 21.5. The lowest BCUT2D eigenvalue weighted by Crippen LogP contribution is -2.71. The number of nitrogens with zero attached hydrogens (tertiary/aromatic N) is 4. The lowest BCUT2D eigenvalue weighted by atomic mass is 9.98. The largest absolute Gasteiger partial charge is 0.332 e. The van der Waals surface area contributed by atoms with Gasteiger partial charge in [0.05, 0.1) is 13.1 Å². The van der Waals surface area contributed by atoms with Crippen molar-refractivity contribution in [3.8, 4) is 0 Å². The van der Waals surface area contributed by atoms with Crippen LogP contribution in [0.4, 0.5) is 0 Å². The highest BCUT2D eigenvalue weighted by Gasteiger charge is 2.49. The Bertz CT molecular complexity index is 1240. The zero-order chi connectivity index (χ0) is 27.1. The Morgan fingerprint density at radius 2 is 1.61 bits per heavy atom. The fourth-order valence-corrected chi connectivity index (χ4v) is 5.05. The SMILES string of the molecule is CN1CC(=O)N2C(CN(Cc3cccc(Cl)c3)C(=O)[C@@H]2c2ccccc2)N1C=O.CNCc1ccccc1. The van der Waals surface area contributed by atoms with E-state index in [1.165, 1.54) is 10.6 Å². The summed E-state index contributed by atoms with van der Waals surface area (Å²) in [7, 11) is 3.64. The van der Waals surface area contributed by atoms with Crippen LogP contribution in [0.1, 0.15) is 22.7 Å². The van der Waals surface area contributed by atoms with Gasteiger partial charge in [0.1, 0.15) is 12.2 Å². The van der Waals surface area contributed by atoms with Crippen LogP contribution in [0.25, 0.3) is 0 Å². The van der Waals surface area contributed by atoms with E-state index in [4.69, 9.17) is 11.6 Å². The average molecular weight is 534 g/mol. The number of amides is 3. The van der Waals surface area contributed by atoms with Crippen molar-refractivity contribution >= 4 is 29.8 Å². The number of benzene rings is 3. The van der Waals surface area contributed by atoms with Crippen molar-refractivity contribution in [2.24, 2.45) is 0 Å². The number of halogens is 1. The monoisotopic (exact) mass is 533 g/mol. The molecule has 9 heteroatoms. The Hall–Kier alpha value is -3.72. The van der Waals surface area contributed by atoms with E-state index in [-0.39, 0.29) is 24.9 Å². The Kier molecular flexibility index (Phi) is 9.12. The third kappa shape index (κ3) is 6.22. The summed E-state index contributed by atoms with van der Waals surface area (Å²) >= 11 is 6.10. The number of fused-ring (bicyclic) bond motifs is 1. The maximum atomic E-state index is 13.5. The van der Waals surface area contributed by atoms with E-state index < -0.39 is 12.2 Å². The van der Waals surface area contributed by atoms with Gasteiger partial charge in [-0.3, -0.25) is 19.4 Å². The first-order valence-electron chi connectivity index (χ1n) is 12.5. The third-order valence-electron chi connectivity index (χ3n) is 6.59. The van der Waals surface area contributed by atoms with Gasteiger partial charge < -0.3 is 15.1 Å². The molecule has 2 saturated heterocycles. The Labute approximate surface area is 228 Å². The first-order valence-corrected chi connectivity index (χ1v) is 12.8. The molecule has 3 aromatic rings. The van der Waals surface area contributed by atoms with Crippen LogP contribution < -0.4 is 5.32 Å². The quantitative estimate of drug-likeness (QED) is 0.492. The van der Waals surface area contributed by atoms with E-state index in [9.17, 15) is 14.4 Å². The molecule has 0 radical (unpaired) electrons. The van der Waals surface area contributed by atoms with E-state index in [1.807, 2.05) is 73.8 Å². The smallest absolute Gasteiger partial charge is 0.250 e. The van der Waals surface area contributed by atoms with E-state index in [2.05, 4.69) is 17.4 Å². The summed E-state index contributed by atoms with van der Waals surface area (Å²) in [5.74, 6) is -0.351. The maximum Gasteiger partial charge on any atom is 0.250 e. The normalized spacial score (nSPS) is 19.5. The lowest BCUT2D eigenvalue weighted by Gasteiger charge is -2.53. The van der Waals surface area contributed by atoms with Crippen molar-refractivity contribution in [3.05, 3.63) is 107 Å². The molecule has 3 aromatic carbocycles. The second-order valence-corrected chi connectivity index (χ2v) is 9.70. The predicted molar refractivity (Wildman–Crippen MR) is 146 cm³/mol. The van der Waals surface area contributed by atoms with Gasteiger partial charge in [-0.15, -0.1) is 0 Å². The number of hydrogen-bond acceptors (Lipinski definition) is 5. The second-order valence-electron chi connectivity index (χ2n) is 9.26. The molecule has 198 valence electrons. The Balaban J connectivity index is 0.000000317. The second kappa shape index (κ2) is 12.7. The van der Waals surface area contributed by atoms with Gasteiger partial charge in [0.25, 0.3) is 5.91 Å². The van der Waals surface area contributed by atoms with E-state index in [1.54, 1.807) is 27.9 Å². The number of hydrogen-bond donors (Lipinski definition) is 1. The molecule has 8 nitrogen and oxygen atoms in total. The summed E-state index contributed by atoms with van der Waals surface area (Å²) in [6.45, 7) is 1.57. The highest BCUT2D eigenvalue weighted by Crippen LogP contribution is 2.34. The minimum absolute atomic E-state index is 0.0418. The van der Waals surface area contributed by atoms with Gasteiger partial charge in [-0.05, 0) is 35.9 Å². The molecule has 38 heavy (non-hydrogen) atoms. The molecule has 2 heterocycles. The summed E-state index contributed by atoms with van der Waals surface area (Å²) in [4.78, 5) is 41.4. The number of likely N-dealkylation sites (N-methyl/N-ethyl adjacent to an activating group) is 1. The molecule has 0 aromatic heterocycles. The molecule has 2 atom stereocenters. The molecule has 2 aliphatic heterocycles. The molecule has 1 N–H and O–H groups in total. The topological polar surface area (TPSA) is 76.2 Å². The summed E-state index contributed by atoms with van der Waals surface area (Å²) < 4.78 is 0. The van der Waals surface area contributed by atoms with Crippen molar-refractivity contribution in [1.82, 2.24) is 25.1 Å². The van der Waals surface area contributed by atoms with Gasteiger partial charge in [0.2, 0.25) is 12.3 Å². The van der Waals surface area contributed by atoms with Crippen molar-refractivity contribution < 1.29 is 14.4 Å². The van der Waals surface area contributed by atoms with Crippen LogP contribution in [0.15, 0.2) is 84.9 Å². The molecule has 0 spiro atoms. The molecule has 3 amide bonds. The van der Waals surface area contributed by atoms with Crippen LogP contribution in [-0.4, -0.2) is 71.4 Å². The predicted octanol–water partition coefficient (Wildman–Crippen LogP) is 3.30. The van der Waals surface area contributed by atoms with Gasteiger partial charge in [-0.25, -0.2) is 5.01 Å². The summed E-state index contributed by atoms with van der Waals surface area (Å²) in [5.41, 5.74) is 2.95. The van der Waals surface area contributed by atoms with Crippen molar-refractivity contribution in [2.75, 3.05) is 27.2 Å². The lowest BCUT2D eigenvalue weighted by molar-refractivity contribution is -0.197. The van der Waals surface area contributed by atoms with Crippen LogP contribution in [0.2, 0.25) is 5.02 Å². The molecule has 2 fully saturated rings.